The third-order valence-corrected chi connectivity index (χ3v) is 4.44. The van der Waals surface area contributed by atoms with Gasteiger partial charge in [-0.25, -0.2) is 4.52 Å². The molecule has 0 spiro atoms. The van der Waals surface area contributed by atoms with Crippen LogP contribution < -0.4 is 0 Å². The number of nitrogens with zero attached hydrogens (tertiary/aromatic N) is 5. The molecule has 1 aromatic carbocycles. The zero-order valence-corrected chi connectivity index (χ0v) is 13.9. The number of fused-ring (bicyclic) bond motifs is 1. The summed E-state index contributed by atoms with van der Waals surface area (Å²) in [7, 11) is 0. The van der Waals surface area contributed by atoms with Crippen LogP contribution in [0.4, 0.5) is 5.69 Å². The first-order chi connectivity index (χ1) is 12.0. The van der Waals surface area contributed by atoms with Crippen molar-refractivity contribution < 1.29 is 4.92 Å². The predicted molar refractivity (Wildman–Crippen MR) is 94.2 cm³/mol. The van der Waals surface area contributed by atoms with E-state index < -0.39 is 4.92 Å². The van der Waals surface area contributed by atoms with Gasteiger partial charge in [-0.3, -0.25) is 19.7 Å². The number of nitro groups is 1. The summed E-state index contributed by atoms with van der Waals surface area (Å²) in [5.74, 6) is 0. The molecule has 8 heteroatoms. The molecule has 0 aliphatic rings. The largest absolute Gasteiger partial charge is 0.300 e. The van der Waals surface area contributed by atoms with Gasteiger partial charge in [0.15, 0.2) is 0 Å². The maximum atomic E-state index is 11.2. The summed E-state index contributed by atoms with van der Waals surface area (Å²) < 4.78 is 3.55. The van der Waals surface area contributed by atoms with Gasteiger partial charge in [0, 0.05) is 48.5 Å². The summed E-state index contributed by atoms with van der Waals surface area (Å²) >= 11 is 6.18. The van der Waals surface area contributed by atoms with Crippen molar-refractivity contribution in [1.82, 2.24) is 19.2 Å². The number of hydrogen-bond acceptors (Lipinski definition) is 4. The molecule has 0 radical (unpaired) electrons. The van der Waals surface area contributed by atoms with E-state index in [9.17, 15) is 10.1 Å². The van der Waals surface area contributed by atoms with Crippen LogP contribution in [0.2, 0.25) is 5.02 Å². The average molecular weight is 354 g/mol. The third kappa shape index (κ3) is 2.54. The van der Waals surface area contributed by atoms with Gasteiger partial charge in [-0.15, -0.1) is 0 Å². The Hall–Kier alpha value is -3.19. The summed E-state index contributed by atoms with van der Waals surface area (Å²) in [4.78, 5) is 14.8. The van der Waals surface area contributed by atoms with Crippen molar-refractivity contribution in [1.29, 1.82) is 0 Å². The Morgan fingerprint density at radius 1 is 1.24 bits per heavy atom. The average Bonchev–Trinajstić information content (AvgIpc) is 3.18. The highest BCUT2D eigenvalue weighted by Crippen LogP contribution is 2.30. The second-order valence-electron chi connectivity index (χ2n) is 5.57. The van der Waals surface area contributed by atoms with Crippen molar-refractivity contribution in [3.8, 4) is 16.9 Å². The van der Waals surface area contributed by atoms with Gasteiger partial charge >= 0.3 is 0 Å². The highest BCUT2D eigenvalue weighted by molar-refractivity contribution is 6.31. The van der Waals surface area contributed by atoms with Crippen molar-refractivity contribution in [2.45, 2.75) is 6.92 Å². The lowest BCUT2D eigenvalue weighted by Gasteiger charge is -2.09. The van der Waals surface area contributed by atoms with Crippen LogP contribution in [0.5, 0.6) is 0 Å². The van der Waals surface area contributed by atoms with E-state index >= 15 is 0 Å². The van der Waals surface area contributed by atoms with Gasteiger partial charge in [0.2, 0.25) is 0 Å². The maximum absolute atomic E-state index is 11.2. The number of pyridine rings is 1. The Bertz CT molecular complexity index is 1100. The lowest BCUT2D eigenvalue weighted by atomic mass is 10.1. The molecule has 25 heavy (non-hydrogen) atoms. The molecule has 3 heterocycles. The Balaban J connectivity index is 1.91. The molecule has 124 valence electrons. The number of non-ortho nitro benzene ring substituents is 1. The Labute approximate surface area is 147 Å². The molecule has 0 saturated carbocycles. The molecule has 0 unspecified atom stereocenters. The fraction of sp³-hybridized carbons (Fsp3) is 0.0588. The topological polar surface area (TPSA) is 78.3 Å². The smallest absolute Gasteiger partial charge is 0.273 e. The zero-order chi connectivity index (χ0) is 17.6. The third-order valence-electron chi connectivity index (χ3n) is 4.05. The number of nitro benzene ring substituents is 1. The number of rotatable bonds is 3. The monoisotopic (exact) mass is 353 g/mol. The standard InChI is InChI=1S/C17H12ClN5O2/c1-11-14(18)7-13(23(24)25)8-16(11)21-5-6-22-17(21)9-15(20-22)12-3-2-4-19-10-12/h2-10H,1H3. The maximum Gasteiger partial charge on any atom is 0.273 e. The number of hydrogen-bond donors (Lipinski definition) is 0. The van der Waals surface area contributed by atoms with E-state index in [1.807, 2.05) is 29.7 Å². The lowest BCUT2D eigenvalue weighted by molar-refractivity contribution is -0.384. The van der Waals surface area contributed by atoms with Gasteiger partial charge in [-0.1, -0.05) is 11.6 Å². The molecule has 0 atom stereocenters. The number of benzene rings is 1. The fourth-order valence-corrected chi connectivity index (χ4v) is 2.95. The molecular formula is C17H12ClN5O2. The van der Waals surface area contributed by atoms with Crippen LogP contribution in [0.15, 0.2) is 55.1 Å². The van der Waals surface area contributed by atoms with E-state index in [0.29, 0.717) is 10.7 Å². The normalized spacial score (nSPS) is 11.1. The van der Waals surface area contributed by atoms with Crippen molar-refractivity contribution in [2.75, 3.05) is 0 Å². The van der Waals surface area contributed by atoms with Gasteiger partial charge in [-0.2, -0.15) is 5.10 Å². The van der Waals surface area contributed by atoms with E-state index in [2.05, 4.69) is 10.1 Å². The highest BCUT2D eigenvalue weighted by atomic mass is 35.5. The molecule has 4 rings (SSSR count). The van der Waals surface area contributed by atoms with Crippen LogP contribution in [-0.4, -0.2) is 24.1 Å². The van der Waals surface area contributed by atoms with Crippen molar-refractivity contribution >= 4 is 22.9 Å². The summed E-state index contributed by atoms with van der Waals surface area (Å²) in [6.45, 7) is 1.83. The van der Waals surface area contributed by atoms with Crippen LogP contribution in [0, 0.1) is 17.0 Å². The van der Waals surface area contributed by atoms with Crippen molar-refractivity contribution in [3.63, 3.8) is 0 Å². The highest BCUT2D eigenvalue weighted by Gasteiger charge is 2.17. The van der Waals surface area contributed by atoms with E-state index in [0.717, 1.165) is 22.5 Å². The van der Waals surface area contributed by atoms with Gasteiger partial charge < -0.3 is 0 Å². The molecular weight excluding hydrogens is 342 g/mol. The SMILES string of the molecule is Cc1c(Cl)cc([N+](=O)[O-])cc1-n1ccn2nc(-c3cccnc3)cc12. The first-order valence-electron chi connectivity index (χ1n) is 7.46. The van der Waals surface area contributed by atoms with E-state index in [4.69, 9.17) is 11.6 Å². The minimum absolute atomic E-state index is 0.0514. The molecule has 4 aromatic rings. The molecule has 0 bridgehead atoms. The molecule has 0 amide bonds. The summed E-state index contributed by atoms with van der Waals surface area (Å²) in [5.41, 5.74) is 3.79. The minimum Gasteiger partial charge on any atom is -0.300 e. The number of aromatic nitrogens is 4. The molecule has 0 saturated heterocycles. The Morgan fingerprint density at radius 3 is 2.80 bits per heavy atom. The first kappa shape index (κ1) is 15.3. The Morgan fingerprint density at radius 2 is 2.08 bits per heavy atom. The summed E-state index contributed by atoms with van der Waals surface area (Å²) in [5, 5.41) is 16.0. The van der Waals surface area contributed by atoms with Crippen LogP contribution in [-0.2, 0) is 0 Å². The summed E-state index contributed by atoms with van der Waals surface area (Å²) in [6, 6.07) is 8.55. The van der Waals surface area contributed by atoms with Crippen LogP contribution in [0.3, 0.4) is 0 Å². The van der Waals surface area contributed by atoms with Crippen molar-refractivity contribution in [2.24, 2.45) is 0 Å². The Kier molecular flexibility index (Phi) is 3.51. The molecule has 3 aromatic heterocycles. The van der Waals surface area contributed by atoms with E-state index in [1.165, 1.54) is 12.1 Å². The zero-order valence-electron chi connectivity index (χ0n) is 13.1. The second-order valence-corrected chi connectivity index (χ2v) is 5.98. The molecule has 0 aliphatic carbocycles. The molecule has 0 N–H and O–H groups in total. The van der Waals surface area contributed by atoms with Gasteiger partial charge in [-0.05, 0) is 24.6 Å². The van der Waals surface area contributed by atoms with Crippen LogP contribution in [0.25, 0.3) is 22.6 Å². The predicted octanol–water partition coefficient (Wildman–Crippen LogP) is 4.06. The molecule has 0 aliphatic heterocycles. The first-order valence-corrected chi connectivity index (χ1v) is 7.84. The van der Waals surface area contributed by atoms with E-state index in [-0.39, 0.29) is 5.69 Å². The second kappa shape index (κ2) is 5.71. The van der Waals surface area contributed by atoms with Crippen LogP contribution in [0.1, 0.15) is 5.56 Å². The fourth-order valence-electron chi connectivity index (χ4n) is 2.75. The minimum atomic E-state index is -0.451. The number of halogens is 1. The van der Waals surface area contributed by atoms with E-state index in [1.54, 1.807) is 29.3 Å². The van der Waals surface area contributed by atoms with Gasteiger partial charge in [0.25, 0.3) is 5.69 Å². The van der Waals surface area contributed by atoms with Gasteiger partial charge in [0.1, 0.15) is 5.65 Å². The quantitative estimate of drug-likeness (QED) is 0.411. The van der Waals surface area contributed by atoms with Crippen LogP contribution >= 0.6 is 11.6 Å². The lowest BCUT2D eigenvalue weighted by Crippen LogP contribution is -1.99. The van der Waals surface area contributed by atoms with Crippen molar-refractivity contribution in [3.05, 3.63) is 75.8 Å². The van der Waals surface area contributed by atoms with Gasteiger partial charge in [0.05, 0.1) is 21.3 Å². The summed E-state index contributed by atoms with van der Waals surface area (Å²) in [6.07, 6.45) is 7.04. The molecule has 7 nitrogen and oxygen atoms in total. The number of imidazole rings is 1. The molecule has 0 fully saturated rings.